The summed E-state index contributed by atoms with van der Waals surface area (Å²) in [6.45, 7) is 3.37. The first-order valence-corrected chi connectivity index (χ1v) is 4.76. The number of allylic oxidation sites excluding steroid dienone is 1. The molecule has 0 atom stereocenters. The maximum Gasteiger partial charge on any atom is 0.0783 e. The van der Waals surface area contributed by atoms with E-state index in [9.17, 15) is 0 Å². The topological polar surface area (TPSA) is 0 Å². The van der Waals surface area contributed by atoms with Crippen LogP contribution in [0.2, 0.25) is 0 Å². The molecule has 0 bridgehead atoms. The van der Waals surface area contributed by atoms with Gasteiger partial charge in [0.1, 0.15) is 0 Å². The number of quaternary nitrogens is 1. The van der Waals surface area contributed by atoms with Gasteiger partial charge in [0.05, 0.1) is 27.7 Å². The minimum Gasteiger partial charge on any atom is -0.331 e. The van der Waals surface area contributed by atoms with E-state index in [0.29, 0.717) is 0 Å². The number of unbranched alkanes of at least 4 members (excludes halogenated alkanes) is 1. The summed E-state index contributed by atoms with van der Waals surface area (Å²) in [5.41, 5.74) is 3.16. The molecule has 0 fully saturated rings. The normalized spacial score (nSPS) is 10.7. The minimum atomic E-state index is 1.06. The second kappa shape index (κ2) is 6.05. The van der Waals surface area contributed by atoms with Crippen molar-refractivity contribution in [1.82, 2.24) is 0 Å². The van der Waals surface area contributed by atoms with E-state index in [1.165, 1.54) is 13.0 Å². The molecular formula is C11H22N+. The van der Waals surface area contributed by atoms with Crippen LogP contribution < -0.4 is 0 Å². The third kappa shape index (κ3) is 9.48. The molecule has 12 heavy (non-hydrogen) atoms. The van der Waals surface area contributed by atoms with E-state index in [-0.39, 0.29) is 0 Å². The third-order valence-corrected chi connectivity index (χ3v) is 1.62. The highest BCUT2D eigenvalue weighted by atomic mass is 15.3. The van der Waals surface area contributed by atoms with Crippen LogP contribution in [0.25, 0.3) is 0 Å². The molecule has 0 saturated carbocycles. The van der Waals surface area contributed by atoms with Crippen molar-refractivity contribution in [1.29, 1.82) is 0 Å². The lowest BCUT2D eigenvalue weighted by atomic mass is 10.3. The molecule has 0 unspecified atom stereocenters. The maximum absolute atomic E-state index is 3.16. The van der Waals surface area contributed by atoms with E-state index in [1.807, 2.05) is 0 Å². The second-order valence-electron chi connectivity index (χ2n) is 4.14. The summed E-state index contributed by atoms with van der Waals surface area (Å²) in [5.74, 6) is 0. The first-order valence-electron chi connectivity index (χ1n) is 4.76. The van der Waals surface area contributed by atoms with Crippen LogP contribution in [0.3, 0.4) is 0 Å². The van der Waals surface area contributed by atoms with Crippen LogP contribution in [0.15, 0.2) is 17.9 Å². The lowest BCUT2D eigenvalue weighted by Crippen LogP contribution is -2.35. The van der Waals surface area contributed by atoms with Gasteiger partial charge in [-0.05, 0) is 25.0 Å². The van der Waals surface area contributed by atoms with Crippen molar-refractivity contribution in [3.05, 3.63) is 17.9 Å². The van der Waals surface area contributed by atoms with Gasteiger partial charge in [-0.2, -0.15) is 0 Å². The van der Waals surface area contributed by atoms with Crippen molar-refractivity contribution >= 4 is 0 Å². The lowest BCUT2D eigenvalue weighted by molar-refractivity contribution is -0.870. The summed E-state index contributed by atoms with van der Waals surface area (Å²) < 4.78 is 1.06. The highest BCUT2D eigenvalue weighted by Crippen LogP contribution is 1.97. The van der Waals surface area contributed by atoms with Crippen LogP contribution in [0.4, 0.5) is 0 Å². The Labute approximate surface area is 77.0 Å². The number of rotatable bonds is 5. The first-order chi connectivity index (χ1) is 5.56. The van der Waals surface area contributed by atoms with Gasteiger partial charge in [-0.1, -0.05) is 6.92 Å². The fourth-order valence-electron chi connectivity index (χ4n) is 0.952. The maximum atomic E-state index is 3.16. The molecule has 0 N–H and O–H groups in total. The summed E-state index contributed by atoms with van der Waals surface area (Å²) in [4.78, 5) is 0. The average molecular weight is 168 g/mol. The summed E-state index contributed by atoms with van der Waals surface area (Å²) in [5, 5.41) is 0. The summed E-state index contributed by atoms with van der Waals surface area (Å²) >= 11 is 0. The molecule has 0 aromatic heterocycles. The van der Waals surface area contributed by atoms with Crippen molar-refractivity contribution in [2.45, 2.75) is 26.2 Å². The third-order valence-electron chi connectivity index (χ3n) is 1.62. The predicted octanol–water partition coefficient (Wildman–Crippen LogP) is 2.59. The monoisotopic (exact) mass is 168 g/mol. The minimum absolute atomic E-state index is 1.06. The van der Waals surface area contributed by atoms with Crippen LogP contribution in [-0.4, -0.2) is 32.2 Å². The van der Waals surface area contributed by atoms with E-state index < -0.39 is 0 Å². The van der Waals surface area contributed by atoms with Gasteiger partial charge < -0.3 is 4.48 Å². The lowest BCUT2D eigenvalue weighted by Gasteiger charge is -2.23. The number of hydrogen-bond donors (Lipinski definition) is 0. The van der Waals surface area contributed by atoms with E-state index in [2.05, 4.69) is 46.0 Å². The molecule has 0 aliphatic heterocycles. The van der Waals surface area contributed by atoms with Gasteiger partial charge in [0.2, 0.25) is 0 Å². The molecule has 0 heterocycles. The van der Waals surface area contributed by atoms with Gasteiger partial charge in [0, 0.05) is 6.42 Å². The van der Waals surface area contributed by atoms with Crippen LogP contribution in [0, 0.1) is 0 Å². The van der Waals surface area contributed by atoms with Crippen LogP contribution in [0.5, 0.6) is 0 Å². The molecule has 1 nitrogen and oxygen atoms in total. The smallest absolute Gasteiger partial charge is 0.0783 e. The number of hydrogen-bond acceptors (Lipinski definition) is 0. The predicted molar refractivity (Wildman–Crippen MR) is 55.1 cm³/mol. The molecule has 0 rings (SSSR count). The van der Waals surface area contributed by atoms with E-state index in [4.69, 9.17) is 0 Å². The van der Waals surface area contributed by atoms with E-state index >= 15 is 0 Å². The molecule has 0 radical (unpaired) electrons. The summed E-state index contributed by atoms with van der Waals surface area (Å²) in [6.07, 6.45) is 7.72. The number of nitrogens with zero attached hydrogens (tertiary/aromatic N) is 1. The molecule has 0 aromatic rings. The molecule has 0 spiro atoms. The van der Waals surface area contributed by atoms with E-state index in [0.717, 1.165) is 17.3 Å². The largest absolute Gasteiger partial charge is 0.331 e. The SMILES string of the molecule is CCC=C=CCCC[N+](C)(C)C. The molecule has 0 aliphatic rings. The van der Waals surface area contributed by atoms with E-state index in [1.54, 1.807) is 0 Å². The molecule has 0 aliphatic carbocycles. The molecule has 0 amide bonds. The Morgan fingerprint density at radius 2 is 1.83 bits per heavy atom. The Morgan fingerprint density at radius 3 is 2.33 bits per heavy atom. The van der Waals surface area contributed by atoms with Gasteiger partial charge in [-0.15, -0.1) is 5.73 Å². The Balaban J connectivity index is 3.39. The molecular weight excluding hydrogens is 146 g/mol. The Bertz CT molecular complexity index is 156. The van der Waals surface area contributed by atoms with Crippen molar-refractivity contribution in [3.8, 4) is 0 Å². The van der Waals surface area contributed by atoms with Crippen molar-refractivity contribution in [2.75, 3.05) is 27.7 Å². The average Bonchev–Trinajstić information content (AvgIpc) is 1.94. The first kappa shape index (κ1) is 11.5. The molecule has 0 aromatic carbocycles. The Kier molecular flexibility index (Phi) is 5.79. The summed E-state index contributed by atoms with van der Waals surface area (Å²) in [7, 11) is 6.68. The fourth-order valence-corrected chi connectivity index (χ4v) is 0.952. The van der Waals surface area contributed by atoms with Gasteiger partial charge in [0.25, 0.3) is 0 Å². The van der Waals surface area contributed by atoms with Gasteiger partial charge in [-0.25, -0.2) is 0 Å². The van der Waals surface area contributed by atoms with Crippen LogP contribution in [-0.2, 0) is 0 Å². The Morgan fingerprint density at radius 1 is 1.17 bits per heavy atom. The molecule has 1 heteroatoms. The van der Waals surface area contributed by atoms with Gasteiger partial charge in [-0.3, -0.25) is 0 Å². The Hall–Kier alpha value is -0.520. The fraction of sp³-hybridized carbons (Fsp3) is 0.727. The highest BCUT2D eigenvalue weighted by Gasteiger charge is 2.03. The second-order valence-corrected chi connectivity index (χ2v) is 4.14. The zero-order valence-electron chi connectivity index (χ0n) is 8.93. The zero-order valence-corrected chi connectivity index (χ0v) is 8.93. The zero-order chi connectivity index (χ0) is 9.45. The van der Waals surface area contributed by atoms with Crippen molar-refractivity contribution in [2.24, 2.45) is 0 Å². The standard InChI is InChI=1S/C11H22N/c1-5-6-7-8-9-10-11-12(2,3)4/h6,8H,5,9-11H2,1-4H3/q+1. The van der Waals surface area contributed by atoms with Gasteiger partial charge >= 0.3 is 0 Å². The quantitative estimate of drug-likeness (QED) is 0.336. The van der Waals surface area contributed by atoms with Crippen molar-refractivity contribution < 1.29 is 4.48 Å². The van der Waals surface area contributed by atoms with Crippen molar-refractivity contribution in [3.63, 3.8) is 0 Å². The molecule has 0 saturated heterocycles. The summed E-state index contributed by atoms with van der Waals surface area (Å²) in [6, 6.07) is 0. The van der Waals surface area contributed by atoms with Crippen LogP contribution in [0.1, 0.15) is 26.2 Å². The molecule has 70 valence electrons. The highest BCUT2D eigenvalue weighted by molar-refractivity contribution is 4.83. The van der Waals surface area contributed by atoms with Gasteiger partial charge in [0.15, 0.2) is 0 Å². The van der Waals surface area contributed by atoms with Crippen LogP contribution >= 0.6 is 0 Å².